The van der Waals surface area contributed by atoms with Gasteiger partial charge in [0.1, 0.15) is 5.75 Å². The topological polar surface area (TPSA) is 80.2 Å². The zero-order chi connectivity index (χ0) is 16.8. The van der Waals surface area contributed by atoms with Gasteiger partial charge in [0.25, 0.3) is 5.91 Å². The summed E-state index contributed by atoms with van der Waals surface area (Å²) in [5.41, 5.74) is 3.32. The summed E-state index contributed by atoms with van der Waals surface area (Å²) >= 11 is 5.88. The molecule has 6 nitrogen and oxygen atoms in total. The van der Waals surface area contributed by atoms with Crippen molar-refractivity contribution in [2.24, 2.45) is 5.10 Å². The number of benzene rings is 2. The summed E-state index contributed by atoms with van der Waals surface area (Å²) < 4.78 is 10.1. The van der Waals surface area contributed by atoms with Crippen LogP contribution in [0.3, 0.4) is 0 Å². The maximum Gasteiger partial charge on any atom is 0.275 e. The SMILES string of the molecule is COc1cc(/C=N/NC(=O)c2cc(Cl)ccc2OC)ccc1O. The minimum Gasteiger partial charge on any atom is -0.504 e. The van der Waals surface area contributed by atoms with Gasteiger partial charge in [-0.3, -0.25) is 4.79 Å². The van der Waals surface area contributed by atoms with Gasteiger partial charge in [-0.2, -0.15) is 5.10 Å². The fourth-order valence-corrected chi connectivity index (χ4v) is 2.03. The number of carbonyl (C=O) groups excluding carboxylic acids is 1. The summed E-state index contributed by atoms with van der Waals surface area (Å²) in [6.07, 6.45) is 1.43. The monoisotopic (exact) mass is 334 g/mol. The van der Waals surface area contributed by atoms with Crippen molar-refractivity contribution in [3.05, 3.63) is 52.5 Å². The van der Waals surface area contributed by atoms with Crippen molar-refractivity contribution < 1.29 is 19.4 Å². The first-order valence-electron chi connectivity index (χ1n) is 6.59. The van der Waals surface area contributed by atoms with E-state index in [1.807, 2.05) is 0 Å². The quantitative estimate of drug-likeness (QED) is 0.651. The smallest absolute Gasteiger partial charge is 0.275 e. The molecule has 2 aromatic rings. The molecule has 0 atom stereocenters. The molecule has 0 spiro atoms. The standard InChI is InChI=1S/C16H15ClN2O4/c1-22-14-6-4-11(17)8-12(14)16(21)19-18-9-10-3-5-13(20)15(7-10)23-2/h3-9,20H,1-2H3,(H,19,21)/b18-9+. The lowest BCUT2D eigenvalue weighted by atomic mass is 10.2. The molecular weight excluding hydrogens is 320 g/mol. The van der Waals surface area contributed by atoms with Crippen LogP contribution in [0, 0.1) is 0 Å². The van der Waals surface area contributed by atoms with Crippen LogP contribution < -0.4 is 14.9 Å². The van der Waals surface area contributed by atoms with Crippen molar-refractivity contribution in [2.45, 2.75) is 0 Å². The molecule has 1 amide bonds. The van der Waals surface area contributed by atoms with Crippen LogP contribution in [0.25, 0.3) is 0 Å². The number of carbonyl (C=O) groups is 1. The number of ether oxygens (including phenoxy) is 2. The molecule has 0 aromatic heterocycles. The van der Waals surface area contributed by atoms with E-state index in [4.69, 9.17) is 21.1 Å². The summed E-state index contributed by atoms with van der Waals surface area (Å²) in [5.74, 6) is 0.286. The van der Waals surface area contributed by atoms with Crippen molar-refractivity contribution in [2.75, 3.05) is 14.2 Å². The van der Waals surface area contributed by atoms with Gasteiger partial charge in [-0.25, -0.2) is 5.43 Å². The second-order valence-corrected chi connectivity index (χ2v) is 4.91. The predicted octanol–water partition coefficient (Wildman–Crippen LogP) is 2.83. The second kappa shape index (κ2) is 7.51. The Hall–Kier alpha value is -2.73. The van der Waals surface area contributed by atoms with Crippen molar-refractivity contribution in [1.82, 2.24) is 5.43 Å². The number of hydrogen-bond donors (Lipinski definition) is 2. The molecule has 7 heteroatoms. The summed E-state index contributed by atoms with van der Waals surface area (Å²) in [6, 6.07) is 9.42. The van der Waals surface area contributed by atoms with Crippen molar-refractivity contribution in [3.63, 3.8) is 0 Å². The van der Waals surface area contributed by atoms with Gasteiger partial charge in [0.2, 0.25) is 0 Å². The fourth-order valence-electron chi connectivity index (χ4n) is 1.86. The number of methoxy groups -OCH3 is 2. The number of nitrogens with one attached hydrogen (secondary N) is 1. The van der Waals surface area contributed by atoms with Crippen LogP contribution >= 0.6 is 11.6 Å². The molecule has 0 fully saturated rings. The van der Waals surface area contributed by atoms with Gasteiger partial charge in [-0.05, 0) is 42.0 Å². The average molecular weight is 335 g/mol. The number of hydrogen-bond acceptors (Lipinski definition) is 5. The average Bonchev–Trinajstić information content (AvgIpc) is 2.56. The predicted molar refractivity (Wildman–Crippen MR) is 87.7 cm³/mol. The van der Waals surface area contributed by atoms with Crippen LogP contribution in [-0.4, -0.2) is 31.4 Å². The van der Waals surface area contributed by atoms with Crippen molar-refractivity contribution in [3.8, 4) is 17.2 Å². The highest BCUT2D eigenvalue weighted by Crippen LogP contribution is 2.25. The van der Waals surface area contributed by atoms with Crippen LogP contribution in [0.5, 0.6) is 17.2 Å². The third-order valence-electron chi connectivity index (χ3n) is 2.99. The zero-order valence-electron chi connectivity index (χ0n) is 12.5. The largest absolute Gasteiger partial charge is 0.504 e. The van der Waals surface area contributed by atoms with E-state index in [0.717, 1.165) is 0 Å². The van der Waals surface area contributed by atoms with Gasteiger partial charge in [-0.15, -0.1) is 0 Å². The normalized spacial score (nSPS) is 10.6. The fraction of sp³-hybridized carbons (Fsp3) is 0.125. The van der Waals surface area contributed by atoms with E-state index in [1.54, 1.807) is 24.3 Å². The highest BCUT2D eigenvalue weighted by Gasteiger charge is 2.12. The number of phenols is 1. The molecule has 0 aliphatic rings. The first kappa shape index (κ1) is 16.6. The van der Waals surface area contributed by atoms with Crippen molar-refractivity contribution in [1.29, 1.82) is 0 Å². The number of phenolic OH excluding ortho intramolecular Hbond substituents is 1. The number of hydrazone groups is 1. The molecular formula is C16H15ClN2O4. The van der Waals surface area contributed by atoms with Crippen LogP contribution in [0.15, 0.2) is 41.5 Å². The first-order chi connectivity index (χ1) is 11.0. The first-order valence-corrected chi connectivity index (χ1v) is 6.97. The molecule has 23 heavy (non-hydrogen) atoms. The van der Waals surface area contributed by atoms with E-state index in [1.165, 1.54) is 32.6 Å². The van der Waals surface area contributed by atoms with Crippen LogP contribution in [0.1, 0.15) is 15.9 Å². The van der Waals surface area contributed by atoms with E-state index in [2.05, 4.69) is 10.5 Å². The zero-order valence-corrected chi connectivity index (χ0v) is 13.3. The summed E-state index contributed by atoms with van der Waals surface area (Å²) in [7, 11) is 2.91. The minimum atomic E-state index is -0.452. The van der Waals surface area contributed by atoms with Crippen LogP contribution in [0.2, 0.25) is 5.02 Å². The third-order valence-corrected chi connectivity index (χ3v) is 3.22. The molecule has 2 N–H and O–H groups in total. The van der Waals surface area contributed by atoms with Crippen LogP contribution in [-0.2, 0) is 0 Å². The molecule has 0 aliphatic carbocycles. The Morgan fingerprint density at radius 2 is 1.91 bits per heavy atom. The maximum atomic E-state index is 12.1. The van der Waals surface area contributed by atoms with E-state index in [-0.39, 0.29) is 11.3 Å². The van der Waals surface area contributed by atoms with Gasteiger partial charge < -0.3 is 14.6 Å². The number of rotatable bonds is 5. The number of halogens is 1. The lowest BCUT2D eigenvalue weighted by Gasteiger charge is -2.07. The lowest BCUT2D eigenvalue weighted by Crippen LogP contribution is -2.18. The number of amides is 1. The molecule has 2 aromatic carbocycles. The molecule has 0 radical (unpaired) electrons. The summed E-state index contributed by atoms with van der Waals surface area (Å²) in [5, 5.41) is 13.8. The van der Waals surface area contributed by atoms with Crippen molar-refractivity contribution >= 4 is 23.7 Å². The molecule has 120 valence electrons. The molecule has 0 unspecified atom stereocenters. The summed E-state index contributed by atoms with van der Waals surface area (Å²) in [4.78, 5) is 12.1. The molecule has 0 heterocycles. The highest BCUT2D eigenvalue weighted by molar-refractivity contribution is 6.31. The molecule has 0 bridgehead atoms. The lowest BCUT2D eigenvalue weighted by molar-refractivity contribution is 0.0952. The van der Waals surface area contributed by atoms with E-state index >= 15 is 0 Å². The Kier molecular flexibility index (Phi) is 5.43. The van der Waals surface area contributed by atoms with E-state index in [9.17, 15) is 9.90 Å². The molecule has 0 saturated heterocycles. The Labute approximate surface area is 138 Å². The molecule has 0 aliphatic heterocycles. The Bertz CT molecular complexity index is 747. The van der Waals surface area contributed by atoms with Gasteiger partial charge in [0.15, 0.2) is 11.5 Å². The minimum absolute atomic E-state index is 0.0253. The van der Waals surface area contributed by atoms with Gasteiger partial charge in [-0.1, -0.05) is 11.6 Å². The Morgan fingerprint density at radius 3 is 2.61 bits per heavy atom. The van der Waals surface area contributed by atoms with Gasteiger partial charge >= 0.3 is 0 Å². The Balaban J connectivity index is 2.11. The number of nitrogens with zero attached hydrogens (tertiary/aromatic N) is 1. The maximum absolute atomic E-state index is 12.1. The van der Waals surface area contributed by atoms with E-state index in [0.29, 0.717) is 22.1 Å². The Morgan fingerprint density at radius 1 is 1.17 bits per heavy atom. The second-order valence-electron chi connectivity index (χ2n) is 4.48. The number of aromatic hydroxyl groups is 1. The molecule has 0 saturated carbocycles. The molecule has 2 rings (SSSR count). The third kappa shape index (κ3) is 4.14. The van der Waals surface area contributed by atoms with Gasteiger partial charge in [0, 0.05) is 5.02 Å². The van der Waals surface area contributed by atoms with Crippen LogP contribution in [0.4, 0.5) is 0 Å². The van der Waals surface area contributed by atoms with E-state index < -0.39 is 5.91 Å². The highest BCUT2D eigenvalue weighted by atomic mass is 35.5. The van der Waals surface area contributed by atoms with Gasteiger partial charge in [0.05, 0.1) is 26.0 Å². The summed E-state index contributed by atoms with van der Waals surface area (Å²) in [6.45, 7) is 0.